The van der Waals surface area contributed by atoms with Gasteiger partial charge in [-0.2, -0.15) is 0 Å². The largest absolute Gasteiger partial charge is 0.436 e. The van der Waals surface area contributed by atoms with Gasteiger partial charge in [0.2, 0.25) is 5.89 Å². The summed E-state index contributed by atoms with van der Waals surface area (Å²) in [6.45, 7) is 0. The first-order chi connectivity index (χ1) is 29.2. The van der Waals surface area contributed by atoms with Gasteiger partial charge in [-0.05, 0) is 103 Å². The van der Waals surface area contributed by atoms with Gasteiger partial charge in [0.25, 0.3) is 0 Å². The highest BCUT2D eigenvalue weighted by Crippen LogP contribution is 2.35. The zero-order chi connectivity index (χ0) is 38.9. The highest BCUT2D eigenvalue weighted by molar-refractivity contribution is 6.10. The van der Waals surface area contributed by atoms with Crippen molar-refractivity contribution >= 4 is 54.7 Å². The third-order valence-electron chi connectivity index (χ3n) is 11.2. The first-order valence-corrected chi connectivity index (χ1v) is 19.6. The fraction of sp³-hybridized carbons (Fsp3) is 0. The Morgan fingerprint density at radius 3 is 1.17 bits per heavy atom. The van der Waals surface area contributed by atoms with Gasteiger partial charge in [0.1, 0.15) is 5.52 Å². The Hall–Kier alpha value is -8.16. The third-order valence-corrected chi connectivity index (χ3v) is 11.2. The van der Waals surface area contributed by atoms with E-state index >= 15 is 0 Å². The molecule has 0 spiro atoms. The molecule has 4 aromatic heterocycles. The SMILES string of the molecule is c1ccc(-c2nc3cc(-c4nc(-c5ccc(-n6c7ccccc7c7ccccc76)cc5)nc(-c5ccc(-n6c7ccccc7c7ccccc76)cc5)n4)ccc3o2)cc1. The number of nitrogens with zero attached hydrogens (tertiary/aromatic N) is 6. The van der Waals surface area contributed by atoms with Crippen LogP contribution < -0.4 is 0 Å². The van der Waals surface area contributed by atoms with Crippen LogP contribution in [0.1, 0.15) is 0 Å². The van der Waals surface area contributed by atoms with Gasteiger partial charge in [0, 0.05) is 55.2 Å². The van der Waals surface area contributed by atoms with E-state index in [1.54, 1.807) is 0 Å². The summed E-state index contributed by atoms with van der Waals surface area (Å²) < 4.78 is 10.8. The molecule has 4 heterocycles. The first kappa shape index (κ1) is 33.0. The Morgan fingerprint density at radius 2 is 0.712 bits per heavy atom. The lowest BCUT2D eigenvalue weighted by molar-refractivity contribution is 0.620. The van der Waals surface area contributed by atoms with Crippen LogP contribution in [0, 0.1) is 0 Å². The maximum atomic E-state index is 6.15. The summed E-state index contributed by atoms with van der Waals surface area (Å²) in [5, 5.41) is 4.90. The lowest BCUT2D eigenvalue weighted by Gasteiger charge is -2.11. The van der Waals surface area contributed by atoms with E-state index in [9.17, 15) is 0 Å². The van der Waals surface area contributed by atoms with E-state index < -0.39 is 0 Å². The van der Waals surface area contributed by atoms with Gasteiger partial charge < -0.3 is 13.6 Å². The van der Waals surface area contributed by atoms with Crippen LogP contribution in [0.25, 0.3) is 112 Å². The molecule has 0 N–H and O–H groups in total. The average Bonchev–Trinajstić information content (AvgIpc) is 4.00. The Labute approximate surface area is 338 Å². The average molecular weight is 757 g/mol. The van der Waals surface area contributed by atoms with Crippen LogP contribution >= 0.6 is 0 Å². The molecule has 0 atom stereocenters. The second-order valence-corrected chi connectivity index (χ2v) is 14.7. The molecular formula is C52H32N6O. The van der Waals surface area contributed by atoms with Gasteiger partial charge in [0.05, 0.1) is 22.1 Å². The topological polar surface area (TPSA) is 74.6 Å². The summed E-state index contributed by atoms with van der Waals surface area (Å²) in [4.78, 5) is 20.2. The summed E-state index contributed by atoms with van der Waals surface area (Å²) in [6, 6.07) is 67.0. The van der Waals surface area contributed by atoms with Crippen LogP contribution in [-0.2, 0) is 0 Å². The highest BCUT2D eigenvalue weighted by atomic mass is 16.3. The van der Waals surface area contributed by atoms with Crippen LogP contribution in [0.15, 0.2) is 199 Å². The fourth-order valence-electron chi connectivity index (χ4n) is 8.45. The lowest BCUT2D eigenvalue weighted by Crippen LogP contribution is -2.01. The second-order valence-electron chi connectivity index (χ2n) is 14.7. The number of benzene rings is 8. The van der Waals surface area contributed by atoms with Crippen molar-refractivity contribution in [3.05, 3.63) is 194 Å². The van der Waals surface area contributed by atoms with Crippen molar-refractivity contribution in [1.29, 1.82) is 0 Å². The number of para-hydroxylation sites is 4. The lowest BCUT2D eigenvalue weighted by atomic mass is 10.1. The number of oxazole rings is 1. The normalized spacial score (nSPS) is 11.7. The molecule has 8 aromatic carbocycles. The van der Waals surface area contributed by atoms with E-state index in [2.05, 4.69) is 155 Å². The summed E-state index contributed by atoms with van der Waals surface area (Å²) in [5.74, 6) is 2.28. The standard InChI is InChI=1S/C52H32N6O/c1-2-12-35(13-3-1)52-53-43-32-36(26-31-48(43)59-52)51-55-49(33-22-27-37(28-23-33)57-44-18-8-4-14-39(44)40-15-5-9-19-45(40)57)54-50(56-51)34-24-29-38(30-25-34)58-46-20-10-6-16-41(46)42-17-7-11-21-47(42)58/h1-32H. The van der Waals surface area contributed by atoms with Crippen molar-refractivity contribution in [3.8, 4) is 57.0 Å². The zero-order valence-electron chi connectivity index (χ0n) is 31.6. The van der Waals surface area contributed by atoms with Crippen molar-refractivity contribution in [2.24, 2.45) is 0 Å². The van der Waals surface area contributed by atoms with Crippen LogP contribution in [0.4, 0.5) is 0 Å². The van der Waals surface area contributed by atoms with Gasteiger partial charge in [-0.3, -0.25) is 0 Å². The molecule has 0 aliphatic carbocycles. The molecule has 0 saturated heterocycles. The van der Waals surface area contributed by atoms with Crippen molar-refractivity contribution in [2.45, 2.75) is 0 Å². The molecule has 0 amide bonds. The van der Waals surface area contributed by atoms with Crippen molar-refractivity contribution in [3.63, 3.8) is 0 Å². The second kappa shape index (κ2) is 13.2. The quantitative estimate of drug-likeness (QED) is 0.169. The fourth-order valence-corrected chi connectivity index (χ4v) is 8.45. The summed E-state index contributed by atoms with van der Waals surface area (Å²) >= 11 is 0. The summed E-state index contributed by atoms with van der Waals surface area (Å²) in [6.07, 6.45) is 0. The summed E-state index contributed by atoms with van der Waals surface area (Å²) in [7, 11) is 0. The van der Waals surface area contributed by atoms with E-state index in [-0.39, 0.29) is 0 Å². The van der Waals surface area contributed by atoms with Gasteiger partial charge in [-0.1, -0.05) is 91.0 Å². The van der Waals surface area contributed by atoms with Gasteiger partial charge in [-0.15, -0.1) is 0 Å². The van der Waals surface area contributed by atoms with Crippen molar-refractivity contribution in [2.75, 3.05) is 0 Å². The number of rotatable bonds is 6. The molecule has 0 radical (unpaired) electrons. The molecule has 12 rings (SSSR count). The predicted molar refractivity (Wildman–Crippen MR) is 238 cm³/mol. The molecule has 0 fully saturated rings. The summed E-state index contributed by atoms with van der Waals surface area (Å²) in [5.41, 5.74) is 11.7. The predicted octanol–water partition coefficient (Wildman–Crippen LogP) is 12.9. The van der Waals surface area contributed by atoms with Crippen LogP contribution in [0.5, 0.6) is 0 Å². The minimum atomic E-state index is 0.550. The molecule has 59 heavy (non-hydrogen) atoms. The van der Waals surface area contributed by atoms with Gasteiger partial charge in [-0.25, -0.2) is 19.9 Å². The maximum absolute atomic E-state index is 6.15. The molecule has 7 nitrogen and oxygen atoms in total. The van der Waals surface area contributed by atoms with Crippen molar-refractivity contribution < 1.29 is 4.42 Å². The van der Waals surface area contributed by atoms with Gasteiger partial charge >= 0.3 is 0 Å². The minimum absolute atomic E-state index is 0.550. The molecule has 0 saturated carbocycles. The molecule has 276 valence electrons. The molecule has 0 unspecified atom stereocenters. The van der Waals surface area contributed by atoms with Crippen LogP contribution in [0.2, 0.25) is 0 Å². The van der Waals surface area contributed by atoms with E-state index in [0.717, 1.165) is 61.2 Å². The molecule has 7 heteroatoms. The van der Waals surface area contributed by atoms with Gasteiger partial charge in [0.15, 0.2) is 23.1 Å². The molecule has 0 aliphatic rings. The van der Waals surface area contributed by atoms with Crippen LogP contribution in [0.3, 0.4) is 0 Å². The van der Waals surface area contributed by atoms with Crippen LogP contribution in [-0.4, -0.2) is 29.1 Å². The maximum Gasteiger partial charge on any atom is 0.227 e. The molecular weight excluding hydrogens is 725 g/mol. The Bertz CT molecular complexity index is 3260. The Balaban J connectivity index is 0.982. The number of hydrogen-bond donors (Lipinski definition) is 0. The first-order valence-electron chi connectivity index (χ1n) is 19.6. The van der Waals surface area contributed by atoms with E-state index in [1.807, 2.05) is 48.5 Å². The van der Waals surface area contributed by atoms with E-state index in [4.69, 9.17) is 24.4 Å². The third kappa shape index (κ3) is 5.44. The number of fused-ring (bicyclic) bond motifs is 7. The zero-order valence-corrected chi connectivity index (χ0v) is 31.6. The highest BCUT2D eigenvalue weighted by Gasteiger charge is 2.18. The monoisotopic (exact) mass is 756 g/mol. The minimum Gasteiger partial charge on any atom is -0.436 e. The van der Waals surface area contributed by atoms with E-state index in [0.29, 0.717) is 28.9 Å². The molecule has 12 aromatic rings. The smallest absolute Gasteiger partial charge is 0.227 e. The van der Waals surface area contributed by atoms with Crippen molar-refractivity contribution in [1.82, 2.24) is 29.1 Å². The molecule has 0 aliphatic heterocycles. The Morgan fingerprint density at radius 1 is 0.322 bits per heavy atom. The number of aromatic nitrogens is 6. The molecule has 0 bridgehead atoms. The Kier molecular flexibility index (Phi) is 7.40. The number of hydrogen-bond acceptors (Lipinski definition) is 5. The van der Waals surface area contributed by atoms with E-state index in [1.165, 1.54) is 21.5 Å².